The molecule has 0 aromatic carbocycles. The predicted molar refractivity (Wildman–Crippen MR) is 129 cm³/mol. The van der Waals surface area contributed by atoms with Crippen LogP contribution in [0.3, 0.4) is 0 Å². The topological polar surface area (TPSA) is 35.0 Å². The van der Waals surface area contributed by atoms with Crippen LogP contribution < -0.4 is 0 Å². The number of piperazine rings is 1. The maximum Gasteiger partial charge on any atom is 0.0543 e. The van der Waals surface area contributed by atoms with Gasteiger partial charge in [-0.1, -0.05) is 32.1 Å². The van der Waals surface area contributed by atoms with Crippen LogP contribution in [-0.4, -0.2) is 79.3 Å². The van der Waals surface area contributed by atoms with Gasteiger partial charge in [0, 0.05) is 51.7 Å². The van der Waals surface area contributed by atoms with E-state index >= 15 is 0 Å². The lowest BCUT2D eigenvalue weighted by atomic mass is 10.2. The zero-order valence-electron chi connectivity index (χ0n) is 20.0. The zero-order chi connectivity index (χ0) is 22.1. The SMILES string of the molecule is CC.C\C=C/C(CN1CCN(C)CC1)=N\C=C\C.Cc1ccc(CN(C)C)nc1. The number of nitrogens with zero attached hydrogens (tertiary/aromatic N) is 5. The van der Waals surface area contributed by atoms with Crippen LogP contribution in [0.1, 0.15) is 39.0 Å². The molecule has 0 saturated carbocycles. The van der Waals surface area contributed by atoms with Crippen LogP contribution in [0.25, 0.3) is 0 Å². The molecule has 29 heavy (non-hydrogen) atoms. The van der Waals surface area contributed by atoms with E-state index in [2.05, 4.69) is 56.0 Å². The van der Waals surface area contributed by atoms with E-state index in [0.717, 1.165) is 50.7 Å². The molecule has 2 heterocycles. The van der Waals surface area contributed by atoms with Crippen molar-refractivity contribution in [1.82, 2.24) is 19.7 Å². The number of aryl methyl sites for hydroxylation is 1. The lowest BCUT2D eigenvalue weighted by Crippen LogP contribution is -2.46. The first-order chi connectivity index (χ1) is 13.9. The third-order valence-corrected chi connectivity index (χ3v) is 4.18. The lowest BCUT2D eigenvalue weighted by Gasteiger charge is -2.32. The zero-order valence-corrected chi connectivity index (χ0v) is 20.0. The molecular formula is C24H43N5. The molecule has 0 amide bonds. The Hall–Kier alpha value is -1.82. The second-order valence-electron chi connectivity index (χ2n) is 7.25. The van der Waals surface area contributed by atoms with Gasteiger partial charge in [-0.15, -0.1) is 0 Å². The van der Waals surface area contributed by atoms with Crippen LogP contribution in [0.5, 0.6) is 0 Å². The van der Waals surface area contributed by atoms with Gasteiger partial charge in [-0.05, 0) is 59.6 Å². The molecule has 1 saturated heterocycles. The van der Waals surface area contributed by atoms with E-state index in [-0.39, 0.29) is 0 Å². The first kappa shape index (κ1) is 27.2. The second-order valence-corrected chi connectivity index (χ2v) is 7.25. The van der Waals surface area contributed by atoms with Gasteiger partial charge < -0.3 is 9.80 Å². The fraction of sp³-hybridized carbons (Fsp3) is 0.583. The molecule has 164 valence electrons. The molecule has 0 radical (unpaired) electrons. The molecular weight excluding hydrogens is 358 g/mol. The van der Waals surface area contributed by atoms with Crippen LogP contribution >= 0.6 is 0 Å². The van der Waals surface area contributed by atoms with Crippen molar-refractivity contribution >= 4 is 5.71 Å². The summed E-state index contributed by atoms with van der Waals surface area (Å²) in [6, 6.07) is 4.15. The Morgan fingerprint density at radius 1 is 1.10 bits per heavy atom. The summed E-state index contributed by atoms with van der Waals surface area (Å²) in [5, 5.41) is 0. The Balaban J connectivity index is 0.000000526. The molecule has 1 fully saturated rings. The van der Waals surface area contributed by atoms with Crippen molar-refractivity contribution in [2.45, 2.75) is 41.2 Å². The minimum atomic E-state index is 0.917. The summed E-state index contributed by atoms with van der Waals surface area (Å²) in [5.74, 6) is 0. The van der Waals surface area contributed by atoms with Crippen molar-refractivity contribution in [2.24, 2.45) is 4.99 Å². The summed E-state index contributed by atoms with van der Waals surface area (Å²) < 4.78 is 0. The Bertz CT molecular complexity index is 594. The average Bonchev–Trinajstić information content (AvgIpc) is 2.71. The van der Waals surface area contributed by atoms with Crippen LogP contribution in [-0.2, 0) is 6.54 Å². The highest BCUT2D eigenvalue weighted by Gasteiger charge is 2.14. The molecule has 1 aliphatic heterocycles. The van der Waals surface area contributed by atoms with Crippen LogP contribution in [0, 0.1) is 6.92 Å². The summed E-state index contributed by atoms with van der Waals surface area (Å²) >= 11 is 0. The largest absolute Gasteiger partial charge is 0.304 e. The smallest absolute Gasteiger partial charge is 0.0543 e. The quantitative estimate of drug-likeness (QED) is 0.667. The number of pyridine rings is 1. The van der Waals surface area contributed by atoms with E-state index in [4.69, 9.17) is 0 Å². The first-order valence-electron chi connectivity index (χ1n) is 10.7. The van der Waals surface area contributed by atoms with Crippen molar-refractivity contribution in [2.75, 3.05) is 53.9 Å². The van der Waals surface area contributed by atoms with Crippen LogP contribution in [0.4, 0.5) is 0 Å². The van der Waals surface area contributed by atoms with Gasteiger partial charge in [-0.25, -0.2) is 0 Å². The number of aromatic nitrogens is 1. The molecule has 2 rings (SSSR count). The van der Waals surface area contributed by atoms with E-state index in [0.29, 0.717) is 0 Å². The third-order valence-electron chi connectivity index (χ3n) is 4.18. The molecule has 1 aliphatic rings. The molecule has 5 heteroatoms. The number of aliphatic imine (C=N–C) groups is 1. The Morgan fingerprint density at radius 2 is 1.76 bits per heavy atom. The van der Waals surface area contributed by atoms with E-state index in [1.54, 1.807) is 0 Å². The summed E-state index contributed by atoms with van der Waals surface area (Å²) in [5.41, 5.74) is 3.48. The van der Waals surface area contributed by atoms with Crippen LogP contribution in [0.2, 0.25) is 0 Å². The fourth-order valence-corrected chi connectivity index (χ4v) is 2.65. The highest BCUT2D eigenvalue weighted by atomic mass is 15.2. The number of hydrogen-bond acceptors (Lipinski definition) is 5. The second kappa shape index (κ2) is 17.1. The van der Waals surface area contributed by atoms with E-state index in [1.165, 1.54) is 5.56 Å². The van der Waals surface area contributed by atoms with Gasteiger partial charge in [-0.3, -0.25) is 14.9 Å². The van der Waals surface area contributed by atoms with Gasteiger partial charge >= 0.3 is 0 Å². The highest BCUT2D eigenvalue weighted by Crippen LogP contribution is 2.01. The van der Waals surface area contributed by atoms with Gasteiger partial charge in [-0.2, -0.15) is 0 Å². The van der Waals surface area contributed by atoms with Crippen LogP contribution in [0.15, 0.2) is 47.7 Å². The fourth-order valence-electron chi connectivity index (χ4n) is 2.65. The summed E-state index contributed by atoms with van der Waals surface area (Å²) in [4.78, 5) is 15.7. The van der Waals surface area contributed by atoms with Crippen molar-refractivity contribution in [3.8, 4) is 0 Å². The molecule has 0 spiro atoms. The normalized spacial score (nSPS) is 16.0. The maximum atomic E-state index is 4.44. The first-order valence-corrected chi connectivity index (χ1v) is 10.7. The molecule has 1 aromatic heterocycles. The third kappa shape index (κ3) is 13.9. The van der Waals surface area contributed by atoms with Gasteiger partial charge in [0.25, 0.3) is 0 Å². The number of likely N-dealkylation sites (N-methyl/N-ethyl adjacent to an activating group) is 1. The number of hydrogen-bond donors (Lipinski definition) is 0. The Kier molecular flexibility index (Phi) is 16.0. The highest BCUT2D eigenvalue weighted by molar-refractivity contribution is 5.96. The van der Waals surface area contributed by atoms with Crippen molar-refractivity contribution < 1.29 is 0 Å². The summed E-state index contributed by atoms with van der Waals surface area (Å²) in [6.45, 7) is 16.6. The van der Waals surface area contributed by atoms with E-state index in [9.17, 15) is 0 Å². The van der Waals surface area contributed by atoms with E-state index < -0.39 is 0 Å². The molecule has 5 nitrogen and oxygen atoms in total. The van der Waals surface area contributed by atoms with Gasteiger partial charge in [0.15, 0.2) is 0 Å². The Labute approximate surface area is 179 Å². The molecule has 1 aromatic rings. The molecule has 0 N–H and O–H groups in total. The van der Waals surface area contributed by atoms with Gasteiger partial charge in [0.05, 0.1) is 11.4 Å². The van der Waals surface area contributed by atoms with Crippen molar-refractivity contribution in [3.63, 3.8) is 0 Å². The van der Waals surface area contributed by atoms with E-state index in [1.807, 2.05) is 67.2 Å². The monoisotopic (exact) mass is 401 g/mol. The van der Waals surface area contributed by atoms with Crippen molar-refractivity contribution in [3.05, 3.63) is 54.0 Å². The molecule has 0 unspecified atom stereocenters. The molecule has 0 aliphatic carbocycles. The maximum absolute atomic E-state index is 4.44. The van der Waals surface area contributed by atoms with Crippen molar-refractivity contribution in [1.29, 1.82) is 0 Å². The Morgan fingerprint density at radius 3 is 2.24 bits per heavy atom. The molecule has 0 bridgehead atoms. The van der Waals surface area contributed by atoms with Gasteiger partial charge in [0.2, 0.25) is 0 Å². The summed E-state index contributed by atoms with van der Waals surface area (Å²) in [7, 11) is 6.27. The standard InChI is InChI=1S/C13H23N3.C9H14N2.C2H6/c1-4-6-13(14-7-5-2)12-16-10-8-15(3)9-11-16;1-8-4-5-9(10-6-8)7-11(2)3;1-2/h4-7H,8-12H2,1-3H3;4-6H,7H2,1-3H3;1-2H3/b6-4-,7-5+,14-13+;;. The molecule has 0 atom stereocenters. The average molecular weight is 402 g/mol. The lowest BCUT2D eigenvalue weighted by molar-refractivity contribution is 0.170. The number of allylic oxidation sites excluding steroid dienone is 2. The summed E-state index contributed by atoms with van der Waals surface area (Å²) in [6.07, 6.45) is 9.88. The minimum absolute atomic E-state index is 0.917. The number of rotatable bonds is 6. The predicted octanol–water partition coefficient (Wildman–Crippen LogP) is 4.26. The minimum Gasteiger partial charge on any atom is -0.304 e. The van der Waals surface area contributed by atoms with Gasteiger partial charge in [0.1, 0.15) is 0 Å².